The van der Waals surface area contributed by atoms with E-state index in [-0.39, 0.29) is 5.97 Å². The van der Waals surface area contributed by atoms with E-state index >= 15 is 0 Å². The maximum absolute atomic E-state index is 11.9. The maximum atomic E-state index is 11.9. The van der Waals surface area contributed by atoms with Gasteiger partial charge < -0.3 is 9.47 Å². The number of aromatic nitrogens is 2. The molecule has 2 heterocycles. The van der Waals surface area contributed by atoms with E-state index in [0.29, 0.717) is 6.61 Å². The zero-order chi connectivity index (χ0) is 17.2. The number of carbonyl (C=O) groups excluding carboxylic acids is 1. The van der Waals surface area contributed by atoms with Crippen LogP contribution in [0.15, 0.2) is 60.9 Å². The summed E-state index contributed by atoms with van der Waals surface area (Å²) in [4.78, 5) is 11.9. The number of benzene rings is 2. The molecule has 25 heavy (non-hydrogen) atoms. The van der Waals surface area contributed by atoms with E-state index in [1.807, 2.05) is 59.5 Å². The third-order valence-corrected chi connectivity index (χ3v) is 4.43. The van der Waals surface area contributed by atoms with Gasteiger partial charge in [-0.05, 0) is 35.2 Å². The van der Waals surface area contributed by atoms with Crippen molar-refractivity contribution in [2.24, 2.45) is 0 Å². The number of nitrogens with zero attached hydrogens (tertiary/aromatic N) is 2. The van der Waals surface area contributed by atoms with Crippen LogP contribution in [0, 0.1) is 0 Å². The SMILES string of the molecule is COC(=O)C1OCCc2cc(-c3cnn(-c4ccccc4)c3)ccc21. The summed E-state index contributed by atoms with van der Waals surface area (Å²) < 4.78 is 12.3. The van der Waals surface area contributed by atoms with E-state index in [2.05, 4.69) is 11.2 Å². The molecular formula is C20H18N2O3. The van der Waals surface area contributed by atoms with Crippen LogP contribution < -0.4 is 0 Å². The summed E-state index contributed by atoms with van der Waals surface area (Å²) in [5.74, 6) is -0.356. The molecule has 1 atom stereocenters. The fraction of sp³-hybridized carbons (Fsp3) is 0.200. The molecule has 0 fully saturated rings. The summed E-state index contributed by atoms with van der Waals surface area (Å²) >= 11 is 0. The van der Waals surface area contributed by atoms with Gasteiger partial charge in [0.15, 0.2) is 6.10 Å². The van der Waals surface area contributed by atoms with E-state index < -0.39 is 6.10 Å². The average Bonchev–Trinajstić information content (AvgIpc) is 3.17. The average molecular weight is 334 g/mol. The Balaban J connectivity index is 1.67. The first kappa shape index (κ1) is 15.6. The third-order valence-electron chi connectivity index (χ3n) is 4.43. The van der Waals surface area contributed by atoms with Crippen LogP contribution in [0.1, 0.15) is 17.2 Å². The topological polar surface area (TPSA) is 53.4 Å². The molecule has 0 amide bonds. The Hall–Kier alpha value is -2.92. The van der Waals surface area contributed by atoms with Crippen LogP contribution in [0.5, 0.6) is 0 Å². The van der Waals surface area contributed by atoms with Crippen LogP contribution in [0.3, 0.4) is 0 Å². The smallest absolute Gasteiger partial charge is 0.339 e. The number of fused-ring (bicyclic) bond motifs is 1. The van der Waals surface area contributed by atoms with E-state index in [4.69, 9.17) is 9.47 Å². The molecule has 0 aliphatic carbocycles. The molecule has 1 aliphatic rings. The van der Waals surface area contributed by atoms with Gasteiger partial charge in [-0.2, -0.15) is 5.10 Å². The van der Waals surface area contributed by atoms with Crippen LogP contribution in [0.2, 0.25) is 0 Å². The first-order valence-corrected chi connectivity index (χ1v) is 8.19. The number of ether oxygens (including phenoxy) is 2. The summed E-state index contributed by atoms with van der Waals surface area (Å²) in [6.45, 7) is 0.513. The number of esters is 1. The standard InChI is InChI=1S/C20H18N2O3/c1-24-20(23)19-18-8-7-14(11-15(18)9-10-25-19)16-12-21-22(13-16)17-5-3-2-4-6-17/h2-8,11-13,19H,9-10H2,1H3. The number of hydrogen-bond acceptors (Lipinski definition) is 4. The summed E-state index contributed by atoms with van der Waals surface area (Å²) in [6.07, 6.45) is 4.01. The van der Waals surface area contributed by atoms with Crippen molar-refractivity contribution in [3.05, 3.63) is 72.1 Å². The normalized spacial score (nSPS) is 16.3. The zero-order valence-electron chi connectivity index (χ0n) is 13.9. The predicted octanol–water partition coefficient (Wildman–Crippen LogP) is 3.33. The van der Waals surface area contributed by atoms with Crippen molar-refractivity contribution >= 4 is 5.97 Å². The number of hydrogen-bond donors (Lipinski definition) is 0. The van der Waals surface area contributed by atoms with Crippen molar-refractivity contribution in [1.29, 1.82) is 0 Å². The van der Waals surface area contributed by atoms with Gasteiger partial charge in [0, 0.05) is 11.8 Å². The van der Waals surface area contributed by atoms with Gasteiger partial charge >= 0.3 is 5.97 Å². The van der Waals surface area contributed by atoms with E-state index in [0.717, 1.165) is 34.4 Å². The van der Waals surface area contributed by atoms with Crippen molar-refractivity contribution in [2.75, 3.05) is 13.7 Å². The number of methoxy groups -OCH3 is 1. The van der Waals surface area contributed by atoms with Gasteiger partial charge in [-0.25, -0.2) is 9.48 Å². The fourth-order valence-corrected chi connectivity index (χ4v) is 3.13. The van der Waals surface area contributed by atoms with Gasteiger partial charge in [0.2, 0.25) is 0 Å². The Morgan fingerprint density at radius 2 is 2.04 bits per heavy atom. The molecular weight excluding hydrogens is 316 g/mol. The van der Waals surface area contributed by atoms with Crippen LogP contribution in [0.25, 0.3) is 16.8 Å². The van der Waals surface area contributed by atoms with Crippen LogP contribution >= 0.6 is 0 Å². The Morgan fingerprint density at radius 3 is 2.84 bits per heavy atom. The van der Waals surface area contributed by atoms with Gasteiger partial charge in [0.1, 0.15) is 0 Å². The molecule has 3 aromatic rings. The summed E-state index contributed by atoms with van der Waals surface area (Å²) in [7, 11) is 1.38. The van der Waals surface area contributed by atoms with Crippen LogP contribution in [0.4, 0.5) is 0 Å². The zero-order valence-corrected chi connectivity index (χ0v) is 13.9. The second-order valence-electron chi connectivity index (χ2n) is 5.95. The maximum Gasteiger partial charge on any atom is 0.339 e. The minimum absolute atomic E-state index is 0.356. The summed E-state index contributed by atoms with van der Waals surface area (Å²) in [6, 6.07) is 16.0. The molecule has 126 valence electrons. The Kier molecular flexibility index (Phi) is 4.07. The Bertz CT molecular complexity index is 902. The first-order chi connectivity index (χ1) is 12.3. The molecule has 0 N–H and O–H groups in total. The minimum Gasteiger partial charge on any atom is -0.467 e. The molecule has 0 radical (unpaired) electrons. The predicted molar refractivity (Wildman–Crippen MR) is 93.4 cm³/mol. The van der Waals surface area contributed by atoms with Crippen LogP contribution in [-0.4, -0.2) is 29.5 Å². The second kappa shape index (κ2) is 6.53. The van der Waals surface area contributed by atoms with Crippen molar-refractivity contribution in [1.82, 2.24) is 9.78 Å². The summed E-state index contributed by atoms with van der Waals surface area (Å²) in [5.41, 5.74) is 5.13. The minimum atomic E-state index is -0.630. The van der Waals surface area contributed by atoms with Crippen LogP contribution in [-0.2, 0) is 20.7 Å². The lowest BCUT2D eigenvalue weighted by Gasteiger charge is -2.24. The summed E-state index contributed by atoms with van der Waals surface area (Å²) in [5, 5.41) is 4.45. The molecule has 0 bridgehead atoms. The monoisotopic (exact) mass is 334 g/mol. The van der Waals surface area contributed by atoms with E-state index in [1.165, 1.54) is 7.11 Å². The molecule has 5 heteroatoms. The van der Waals surface area contributed by atoms with Crippen molar-refractivity contribution < 1.29 is 14.3 Å². The van der Waals surface area contributed by atoms with Crippen molar-refractivity contribution in [3.8, 4) is 16.8 Å². The highest BCUT2D eigenvalue weighted by molar-refractivity contribution is 5.78. The molecule has 2 aromatic carbocycles. The third kappa shape index (κ3) is 2.94. The van der Waals surface area contributed by atoms with Gasteiger partial charge in [-0.15, -0.1) is 0 Å². The van der Waals surface area contributed by atoms with Crippen molar-refractivity contribution in [2.45, 2.75) is 12.5 Å². The largest absolute Gasteiger partial charge is 0.467 e. The second-order valence-corrected chi connectivity index (χ2v) is 5.95. The molecule has 0 saturated heterocycles. The highest BCUT2D eigenvalue weighted by Gasteiger charge is 2.28. The lowest BCUT2D eigenvalue weighted by Crippen LogP contribution is -2.24. The van der Waals surface area contributed by atoms with Gasteiger partial charge in [-0.3, -0.25) is 0 Å². The number of carbonyl (C=O) groups is 1. The molecule has 5 nitrogen and oxygen atoms in total. The molecule has 0 spiro atoms. The molecule has 1 unspecified atom stereocenters. The van der Waals surface area contributed by atoms with E-state index in [1.54, 1.807) is 0 Å². The van der Waals surface area contributed by atoms with Gasteiger partial charge in [0.05, 0.1) is 25.6 Å². The Morgan fingerprint density at radius 1 is 1.20 bits per heavy atom. The molecule has 1 aliphatic heterocycles. The first-order valence-electron chi connectivity index (χ1n) is 8.19. The van der Waals surface area contributed by atoms with Gasteiger partial charge in [0.25, 0.3) is 0 Å². The molecule has 4 rings (SSSR count). The number of rotatable bonds is 3. The molecule has 0 saturated carbocycles. The highest BCUT2D eigenvalue weighted by atomic mass is 16.6. The van der Waals surface area contributed by atoms with Crippen molar-refractivity contribution in [3.63, 3.8) is 0 Å². The lowest BCUT2D eigenvalue weighted by molar-refractivity contribution is -0.155. The Labute approximate surface area is 145 Å². The molecule has 1 aromatic heterocycles. The number of para-hydroxylation sites is 1. The van der Waals surface area contributed by atoms with E-state index in [9.17, 15) is 4.79 Å². The fourth-order valence-electron chi connectivity index (χ4n) is 3.13. The lowest BCUT2D eigenvalue weighted by atomic mass is 9.94. The van der Waals surface area contributed by atoms with Gasteiger partial charge in [-0.1, -0.05) is 36.4 Å². The highest BCUT2D eigenvalue weighted by Crippen LogP contribution is 2.32. The quantitative estimate of drug-likeness (QED) is 0.690.